The molecular formula is C17H14FNO3. The molecule has 1 aliphatic rings. The Balaban J connectivity index is 1.99. The average molecular weight is 299 g/mol. The standard InChI is InChI=1S/C17H14FNO3/c1-19(17(21)11-6-8-12(18)9-7-11)16-13-4-2-3-5-15(13)22-10-14(16)20/h2-9,20H,10H2,1H3. The monoisotopic (exact) mass is 299 g/mol. The SMILES string of the molecule is CN(C(=O)c1ccc(F)cc1)C1=C(O)COc2ccccc21. The van der Waals surface area contributed by atoms with E-state index in [-0.39, 0.29) is 18.3 Å². The van der Waals surface area contributed by atoms with Crippen LogP contribution < -0.4 is 4.74 Å². The zero-order chi connectivity index (χ0) is 15.7. The third-order valence-corrected chi connectivity index (χ3v) is 3.51. The molecule has 0 bridgehead atoms. The number of fused-ring (bicyclic) bond motifs is 1. The van der Waals surface area contributed by atoms with E-state index in [1.54, 1.807) is 25.2 Å². The number of para-hydroxylation sites is 1. The van der Waals surface area contributed by atoms with Crippen molar-refractivity contribution in [3.8, 4) is 5.75 Å². The van der Waals surface area contributed by atoms with Gasteiger partial charge in [-0.1, -0.05) is 12.1 Å². The van der Waals surface area contributed by atoms with Crippen molar-refractivity contribution in [1.82, 2.24) is 4.90 Å². The maximum atomic E-state index is 13.0. The summed E-state index contributed by atoms with van der Waals surface area (Å²) < 4.78 is 18.4. The van der Waals surface area contributed by atoms with Crippen LogP contribution in [0.15, 0.2) is 54.3 Å². The molecule has 22 heavy (non-hydrogen) atoms. The molecule has 1 amide bonds. The second kappa shape index (κ2) is 5.52. The van der Waals surface area contributed by atoms with Crippen LogP contribution in [0, 0.1) is 5.82 Å². The summed E-state index contributed by atoms with van der Waals surface area (Å²) in [6, 6.07) is 12.5. The fourth-order valence-electron chi connectivity index (χ4n) is 2.42. The fourth-order valence-corrected chi connectivity index (χ4v) is 2.42. The molecule has 0 spiro atoms. The third-order valence-electron chi connectivity index (χ3n) is 3.51. The first kappa shape index (κ1) is 14.1. The quantitative estimate of drug-likeness (QED) is 0.926. The molecule has 0 saturated carbocycles. The van der Waals surface area contributed by atoms with Crippen molar-refractivity contribution < 1.29 is 19.0 Å². The summed E-state index contributed by atoms with van der Waals surface area (Å²) in [5.41, 5.74) is 1.38. The molecule has 0 fully saturated rings. The van der Waals surface area contributed by atoms with E-state index in [0.29, 0.717) is 22.6 Å². The number of ether oxygens (including phenoxy) is 1. The lowest BCUT2D eigenvalue weighted by molar-refractivity contribution is 0.0854. The van der Waals surface area contributed by atoms with Gasteiger partial charge in [-0.3, -0.25) is 4.79 Å². The van der Waals surface area contributed by atoms with Crippen molar-refractivity contribution in [1.29, 1.82) is 0 Å². The van der Waals surface area contributed by atoms with Crippen molar-refractivity contribution >= 4 is 11.6 Å². The maximum absolute atomic E-state index is 13.0. The molecule has 0 aromatic heterocycles. The molecule has 3 rings (SSSR count). The highest BCUT2D eigenvalue weighted by atomic mass is 19.1. The van der Waals surface area contributed by atoms with Gasteiger partial charge in [0.1, 0.15) is 18.2 Å². The minimum atomic E-state index is -0.405. The molecule has 2 aromatic rings. The van der Waals surface area contributed by atoms with E-state index in [9.17, 15) is 14.3 Å². The molecule has 112 valence electrons. The fraction of sp³-hybridized carbons (Fsp3) is 0.118. The molecule has 0 atom stereocenters. The molecule has 1 aliphatic heterocycles. The van der Waals surface area contributed by atoms with Gasteiger partial charge in [0.25, 0.3) is 5.91 Å². The first-order valence-electron chi connectivity index (χ1n) is 6.76. The van der Waals surface area contributed by atoms with E-state index in [1.807, 2.05) is 6.07 Å². The molecule has 0 unspecified atom stereocenters. The van der Waals surface area contributed by atoms with Gasteiger partial charge in [0.05, 0.1) is 5.70 Å². The van der Waals surface area contributed by atoms with Gasteiger partial charge in [-0.2, -0.15) is 0 Å². The topological polar surface area (TPSA) is 49.8 Å². The van der Waals surface area contributed by atoms with Crippen molar-refractivity contribution in [2.45, 2.75) is 0 Å². The zero-order valence-electron chi connectivity index (χ0n) is 11.9. The van der Waals surface area contributed by atoms with E-state index in [1.165, 1.54) is 29.2 Å². The van der Waals surface area contributed by atoms with Gasteiger partial charge in [0, 0.05) is 18.2 Å². The first-order chi connectivity index (χ1) is 10.6. The van der Waals surface area contributed by atoms with Crippen LogP contribution in [0.4, 0.5) is 4.39 Å². The Morgan fingerprint density at radius 2 is 1.86 bits per heavy atom. The van der Waals surface area contributed by atoms with Gasteiger partial charge in [-0.25, -0.2) is 4.39 Å². The summed E-state index contributed by atoms with van der Waals surface area (Å²) in [4.78, 5) is 13.9. The van der Waals surface area contributed by atoms with E-state index in [0.717, 1.165) is 0 Å². The molecule has 0 saturated heterocycles. The van der Waals surface area contributed by atoms with Gasteiger partial charge in [-0.15, -0.1) is 0 Å². The second-order valence-electron chi connectivity index (χ2n) is 4.95. The highest BCUT2D eigenvalue weighted by Crippen LogP contribution is 2.34. The lowest BCUT2D eigenvalue weighted by Gasteiger charge is -2.27. The summed E-state index contributed by atoms with van der Waals surface area (Å²) in [7, 11) is 1.57. The normalized spacial score (nSPS) is 13.4. The largest absolute Gasteiger partial charge is 0.507 e. The van der Waals surface area contributed by atoms with Gasteiger partial charge in [0.15, 0.2) is 5.76 Å². The number of rotatable bonds is 2. The van der Waals surface area contributed by atoms with Crippen molar-refractivity contribution in [2.24, 2.45) is 0 Å². The van der Waals surface area contributed by atoms with Crippen LogP contribution in [0.2, 0.25) is 0 Å². The molecule has 2 aromatic carbocycles. The molecule has 0 aliphatic carbocycles. The van der Waals surface area contributed by atoms with Crippen LogP contribution in [-0.4, -0.2) is 29.6 Å². The number of hydrogen-bond acceptors (Lipinski definition) is 3. The van der Waals surface area contributed by atoms with Crippen molar-refractivity contribution in [2.75, 3.05) is 13.7 Å². The van der Waals surface area contributed by atoms with Crippen LogP contribution in [0.5, 0.6) is 5.75 Å². The van der Waals surface area contributed by atoms with Crippen LogP contribution in [0.1, 0.15) is 15.9 Å². The number of hydrogen-bond donors (Lipinski definition) is 1. The van der Waals surface area contributed by atoms with E-state index >= 15 is 0 Å². The van der Waals surface area contributed by atoms with E-state index in [2.05, 4.69) is 0 Å². The van der Waals surface area contributed by atoms with Crippen molar-refractivity contribution in [3.05, 3.63) is 71.2 Å². The van der Waals surface area contributed by atoms with E-state index < -0.39 is 5.82 Å². The number of aliphatic hydroxyl groups excluding tert-OH is 1. The van der Waals surface area contributed by atoms with Crippen LogP contribution in [0.3, 0.4) is 0 Å². The summed E-state index contributed by atoms with van der Waals surface area (Å²) >= 11 is 0. The predicted molar refractivity (Wildman–Crippen MR) is 80.0 cm³/mol. The minimum Gasteiger partial charge on any atom is -0.507 e. The number of nitrogens with zero attached hydrogens (tertiary/aromatic N) is 1. The Kier molecular flexibility index (Phi) is 3.55. The summed E-state index contributed by atoms with van der Waals surface area (Å²) in [6.45, 7) is 0.00733. The summed E-state index contributed by atoms with van der Waals surface area (Å²) in [5, 5.41) is 10.1. The number of carbonyl (C=O) groups excluding carboxylic acids is 1. The van der Waals surface area contributed by atoms with Crippen LogP contribution >= 0.6 is 0 Å². The molecule has 0 radical (unpaired) electrons. The average Bonchev–Trinajstić information content (AvgIpc) is 2.54. The number of aliphatic hydroxyl groups is 1. The Bertz CT molecular complexity index is 753. The van der Waals surface area contributed by atoms with Gasteiger partial charge in [-0.05, 0) is 36.4 Å². The smallest absolute Gasteiger partial charge is 0.258 e. The maximum Gasteiger partial charge on any atom is 0.258 e. The highest BCUT2D eigenvalue weighted by molar-refractivity contribution is 6.00. The predicted octanol–water partition coefficient (Wildman–Crippen LogP) is 3.22. The Morgan fingerprint density at radius 1 is 1.18 bits per heavy atom. The molecule has 1 N–H and O–H groups in total. The lowest BCUT2D eigenvalue weighted by Crippen LogP contribution is -2.29. The number of halogens is 1. The third kappa shape index (κ3) is 2.41. The Hall–Kier alpha value is -2.82. The zero-order valence-corrected chi connectivity index (χ0v) is 11.9. The number of amides is 1. The molecule has 1 heterocycles. The number of benzene rings is 2. The van der Waals surface area contributed by atoms with Gasteiger partial charge in [0.2, 0.25) is 0 Å². The first-order valence-corrected chi connectivity index (χ1v) is 6.76. The Morgan fingerprint density at radius 3 is 2.59 bits per heavy atom. The summed E-state index contributed by atoms with van der Waals surface area (Å²) in [5.74, 6) is -0.151. The Labute approximate surface area is 127 Å². The molecule has 5 heteroatoms. The van der Waals surface area contributed by atoms with Crippen LogP contribution in [-0.2, 0) is 0 Å². The van der Waals surface area contributed by atoms with Crippen LogP contribution in [0.25, 0.3) is 5.70 Å². The van der Waals surface area contributed by atoms with E-state index in [4.69, 9.17) is 4.74 Å². The minimum absolute atomic E-state index is 0.00733. The van der Waals surface area contributed by atoms with Gasteiger partial charge >= 0.3 is 0 Å². The summed E-state index contributed by atoms with van der Waals surface area (Å²) in [6.07, 6.45) is 0. The highest BCUT2D eigenvalue weighted by Gasteiger charge is 2.26. The molecular weight excluding hydrogens is 285 g/mol. The lowest BCUT2D eigenvalue weighted by atomic mass is 10.1. The van der Waals surface area contributed by atoms with Crippen molar-refractivity contribution in [3.63, 3.8) is 0 Å². The second-order valence-corrected chi connectivity index (χ2v) is 4.95. The number of carbonyl (C=O) groups is 1. The van der Waals surface area contributed by atoms with Gasteiger partial charge < -0.3 is 14.7 Å². The molecule has 4 nitrogen and oxygen atoms in total.